The van der Waals surface area contributed by atoms with Crippen LogP contribution in [-0.2, 0) is 15.9 Å². The first-order chi connectivity index (χ1) is 11.2. The molecule has 134 valence electrons. The fourth-order valence-electron chi connectivity index (χ4n) is 2.23. The zero-order chi connectivity index (χ0) is 18.2. The molecule has 0 aliphatic heterocycles. The van der Waals surface area contributed by atoms with E-state index in [1.165, 1.54) is 0 Å². The van der Waals surface area contributed by atoms with E-state index < -0.39 is 30.0 Å². The van der Waals surface area contributed by atoms with Crippen molar-refractivity contribution in [1.29, 1.82) is 0 Å². The van der Waals surface area contributed by atoms with E-state index in [1.807, 2.05) is 30.3 Å². The van der Waals surface area contributed by atoms with Crippen molar-refractivity contribution in [2.45, 2.75) is 44.8 Å². The summed E-state index contributed by atoms with van der Waals surface area (Å²) in [7, 11) is 0. The maximum Gasteiger partial charge on any atom is 0.407 e. The molecule has 24 heavy (non-hydrogen) atoms. The van der Waals surface area contributed by atoms with Crippen LogP contribution in [0.15, 0.2) is 30.3 Å². The van der Waals surface area contributed by atoms with E-state index in [0.29, 0.717) is 0 Å². The molecule has 0 aromatic heterocycles. The van der Waals surface area contributed by atoms with Gasteiger partial charge in [-0.3, -0.25) is 0 Å². The van der Waals surface area contributed by atoms with Crippen LogP contribution in [0.1, 0.15) is 32.8 Å². The molecule has 1 aromatic carbocycles. The number of carbonyl (C=O) groups is 2. The van der Waals surface area contributed by atoms with E-state index in [0.717, 1.165) is 5.56 Å². The normalized spacial score (nSPS) is 13.7. The number of nitrogens with two attached hydrogens (primary N) is 1. The predicted molar refractivity (Wildman–Crippen MR) is 89.5 cm³/mol. The van der Waals surface area contributed by atoms with Crippen molar-refractivity contribution >= 4 is 12.2 Å². The first kappa shape index (κ1) is 19.8. The summed E-state index contributed by atoms with van der Waals surface area (Å²) in [4.78, 5) is 22.9. The average molecular weight is 338 g/mol. The summed E-state index contributed by atoms with van der Waals surface area (Å²) in [5.41, 5.74) is 4.21. The number of ether oxygens (including phenoxy) is 2. The molecule has 1 rings (SSSR count). The SMILES string of the molecule is CC(C)(C)OC(=O)NCC[C@](CO)(Cc1ccccc1)OC(N)=O. The Labute approximate surface area is 142 Å². The van der Waals surface area contributed by atoms with Crippen molar-refractivity contribution in [2.24, 2.45) is 5.73 Å². The number of benzene rings is 1. The summed E-state index contributed by atoms with van der Waals surface area (Å²) in [5, 5.41) is 12.3. The maximum atomic E-state index is 11.7. The lowest BCUT2D eigenvalue weighted by atomic mass is 9.91. The van der Waals surface area contributed by atoms with Crippen LogP contribution in [0.2, 0.25) is 0 Å². The molecule has 2 amide bonds. The van der Waals surface area contributed by atoms with E-state index in [1.54, 1.807) is 20.8 Å². The lowest BCUT2D eigenvalue weighted by Crippen LogP contribution is -2.46. The second-order valence-corrected chi connectivity index (χ2v) is 6.60. The summed E-state index contributed by atoms with van der Waals surface area (Å²) in [6.07, 6.45) is -1.07. The molecule has 7 nitrogen and oxygen atoms in total. The Morgan fingerprint density at radius 3 is 2.29 bits per heavy atom. The third-order valence-electron chi connectivity index (χ3n) is 3.22. The molecule has 0 bridgehead atoms. The van der Waals surface area contributed by atoms with Crippen LogP contribution in [0, 0.1) is 0 Å². The van der Waals surface area contributed by atoms with E-state index >= 15 is 0 Å². The standard InChI is InChI=1S/C17H26N2O5/c1-16(2,3)24-15(22)19-10-9-17(12-20,23-14(18)21)11-13-7-5-4-6-8-13/h4-8,20H,9-12H2,1-3H3,(H2,18,21)(H,19,22)/t17-/m1/s1. The molecular weight excluding hydrogens is 312 g/mol. The van der Waals surface area contributed by atoms with E-state index in [2.05, 4.69) is 5.32 Å². The Morgan fingerprint density at radius 1 is 1.17 bits per heavy atom. The van der Waals surface area contributed by atoms with Gasteiger partial charge < -0.3 is 25.6 Å². The van der Waals surface area contributed by atoms with Crippen LogP contribution >= 0.6 is 0 Å². The van der Waals surface area contributed by atoms with Gasteiger partial charge in [0.1, 0.15) is 11.2 Å². The van der Waals surface area contributed by atoms with Gasteiger partial charge in [-0.25, -0.2) is 9.59 Å². The highest BCUT2D eigenvalue weighted by Gasteiger charge is 2.33. The van der Waals surface area contributed by atoms with Gasteiger partial charge in [0.05, 0.1) is 6.61 Å². The highest BCUT2D eigenvalue weighted by Crippen LogP contribution is 2.22. The van der Waals surface area contributed by atoms with Crippen LogP contribution in [0.3, 0.4) is 0 Å². The average Bonchev–Trinajstić information content (AvgIpc) is 2.45. The van der Waals surface area contributed by atoms with E-state index in [-0.39, 0.29) is 19.4 Å². The summed E-state index contributed by atoms with van der Waals surface area (Å²) < 4.78 is 10.3. The third kappa shape index (κ3) is 7.32. The van der Waals surface area contributed by atoms with Gasteiger partial charge in [-0.05, 0) is 26.3 Å². The Morgan fingerprint density at radius 2 is 1.79 bits per heavy atom. The van der Waals surface area contributed by atoms with Crippen molar-refractivity contribution in [3.8, 4) is 0 Å². The number of alkyl carbamates (subject to hydrolysis) is 1. The molecule has 0 unspecified atom stereocenters. The molecular formula is C17H26N2O5. The molecule has 0 aliphatic rings. The molecule has 1 aromatic rings. The Kier molecular flexibility index (Phi) is 7.03. The smallest absolute Gasteiger partial charge is 0.407 e. The van der Waals surface area contributed by atoms with Crippen molar-refractivity contribution in [1.82, 2.24) is 5.32 Å². The van der Waals surface area contributed by atoms with Gasteiger partial charge in [0.15, 0.2) is 0 Å². The summed E-state index contributed by atoms with van der Waals surface area (Å²) in [6.45, 7) is 5.03. The zero-order valence-corrected chi connectivity index (χ0v) is 14.4. The molecule has 4 N–H and O–H groups in total. The molecule has 7 heteroatoms. The summed E-state index contributed by atoms with van der Waals surface area (Å²) >= 11 is 0. The predicted octanol–water partition coefficient (Wildman–Crippen LogP) is 1.97. The number of hydrogen-bond acceptors (Lipinski definition) is 5. The number of hydrogen-bond donors (Lipinski definition) is 3. The second-order valence-electron chi connectivity index (χ2n) is 6.60. The molecule has 0 spiro atoms. The quantitative estimate of drug-likeness (QED) is 0.704. The number of amides is 2. The van der Waals surface area contributed by atoms with Gasteiger partial charge in [0, 0.05) is 19.4 Å². The van der Waals surface area contributed by atoms with Crippen LogP contribution in [0.5, 0.6) is 0 Å². The molecule has 0 aliphatic carbocycles. The third-order valence-corrected chi connectivity index (χ3v) is 3.22. The minimum absolute atomic E-state index is 0.162. The molecule has 0 heterocycles. The fraction of sp³-hybridized carbons (Fsp3) is 0.529. The van der Waals surface area contributed by atoms with Gasteiger partial charge in [0.25, 0.3) is 0 Å². The monoisotopic (exact) mass is 338 g/mol. The molecule has 0 saturated heterocycles. The van der Waals surface area contributed by atoms with Gasteiger partial charge in [-0.1, -0.05) is 30.3 Å². The fourth-order valence-corrected chi connectivity index (χ4v) is 2.23. The van der Waals surface area contributed by atoms with Crippen molar-refractivity contribution in [2.75, 3.05) is 13.2 Å². The van der Waals surface area contributed by atoms with Gasteiger partial charge >= 0.3 is 12.2 Å². The second kappa shape index (κ2) is 8.54. The Hall–Kier alpha value is -2.28. The van der Waals surface area contributed by atoms with Crippen LogP contribution in [0.4, 0.5) is 9.59 Å². The van der Waals surface area contributed by atoms with Crippen LogP contribution in [-0.4, -0.2) is 41.6 Å². The number of rotatable bonds is 7. The number of carbonyl (C=O) groups excluding carboxylic acids is 2. The maximum absolute atomic E-state index is 11.7. The zero-order valence-electron chi connectivity index (χ0n) is 14.4. The number of primary amides is 1. The van der Waals surface area contributed by atoms with Crippen LogP contribution < -0.4 is 11.1 Å². The van der Waals surface area contributed by atoms with E-state index in [9.17, 15) is 14.7 Å². The highest BCUT2D eigenvalue weighted by molar-refractivity contribution is 5.67. The minimum atomic E-state index is -1.21. The molecule has 0 radical (unpaired) electrons. The number of aliphatic hydroxyl groups is 1. The lowest BCUT2D eigenvalue weighted by molar-refractivity contribution is -0.0318. The molecule has 0 saturated carbocycles. The van der Waals surface area contributed by atoms with E-state index in [4.69, 9.17) is 15.2 Å². The topological polar surface area (TPSA) is 111 Å². The first-order valence-electron chi connectivity index (χ1n) is 7.76. The number of nitrogens with one attached hydrogen (secondary N) is 1. The van der Waals surface area contributed by atoms with Crippen molar-refractivity contribution in [3.63, 3.8) is 0 Å². The molecule has 0 fully saturated rings. The van der Waals surface area contributed by atoms with Gasteiger partial charge in [-0.2, -0.15) is 0 Å². The summed E-state index contributed by atoms with van der Waals surface area (Å²) in [5.74, 6) is 0. The Balaban J connectivity index is 2.71. The lowest BCUT2D eigenvalue weighted by Gasteiger charge is -2.31. The molecule has 1 atom stereocenters. The largest absolute Gasteiger partial charge is 0.444 e. The first-order valence-corrected chi connectivity index (χ1v) is 7.76. The number of aliphatic hydroxyl groups excluding tert-OH is 1. The minimum Gasteiger partial charge on any atom is -0.444 e. The Bertz CT molecular complexity index is 542. The van der Waals surface area contributed by atoms with Gasteiger partial charge in [-0.15, -0.1) is 0 Å². The summed E-state index contributed by atoms with van der Waals surface area (Å²) in [6, 6.07) is 9.27. The highest BCUT2D eigenvalue weighted by atomic mass is 16.6. The van der Waals surface area contributed by atoms with Crippen LogP contribution in [0.25, 0.3) is 0 Å². The van der Waals surface area contributed by atoms with Gasteiger partial charge in [0.2, 0.25) is 0 Å². The van der Waals surface area contributed by atoms with Crippen molar-refractivity contribution in [3.05, 3.63) is 35.9 Å². The van der Waals surface area contributed by atoms with Crippen molar-refractivity contribution < 1.29 is 24.2 Å².